The van der Waals surface area contributed by atoms with Gasteiger partial charge in [-0.3, -0.25) is 4.79 Å². The molecule has 0 radical (unpaired) electrons. The van der Waals surface area contributed by atoms with E-state index in [1.807, 2.05) is 44.4 Å². The van der Waals surface area contributed by atoms with Crippen molar-refractivity contribution >= 4 is 23.1 Å². The van der Waals surface area contributed by atoms with Crippen LogP contribution in [0.25, 0.3) is 0 Å². The highest BCUT2D eigenvalue weighted by molar-refractivity contribution is 6.05. The Morgan fingerprint density at radius 2 is 1.79 bits per heavy atom. The number of morpholine rings is 1. The minimum Gasteiger partial charge on any atom is -0.377 e. The fourth-order valence-electron chi connectivity index (χ4n) is 3.66. The third kappa shape index (κ3) is 4.28. The molecule has 1 aliphatic rings. The van der Waals surface area contributed by atoms with Crippen molar-refractivity contribution in [2.75, 3.05) is 48.9 Å². The van der Waals surface area contributed by atoms with Crippen LogP contribution in [-0.2, 0) is 4.74 Å². The van der Waals surface area contributed by atoms with E-state index in [1.54, 1.807) is 18.1 Å². The number of nitrogens with zero attached hydrogens (tertiary/aromatic N) is 4. The number of aryl methyl sites for hydroxylation is 1. The highest BCUT2D eigenvalue weighted by Gasteiger charge is 2.23. The van der Waals surface area contributed by atoms with E-state index in [4.69, 9.17) is 4.74 Å². The molecule has 6 nitrogen and oxygen atoms in total. The molecule has 0 aliphatic carbocycles. The van der Waals surface area contributed by atoms with Gasteiger partial charge < -0.3 is 19.4 Å². The molecule has 3 rings (SSSR count). The van der Waals surface area contributed by atoms with Gasteiger partial charge in [0.2, 0.25) is 0 Å². The highest BCUT2D eigenvalue weighted by atomic mass is 16.5. The van der Waals surface area contributed by atoms with Crippen molar-refractivity contribution in [3.05, 3.63) is 47.7 Å². The Balaban J connectivity index is 1.76. The first-order valence-corrected chi connectivity index (χ1v) is 9.68. The van der Waals surface area contributed by atoms with Crippen molar-refractivity contribution in [3.8, 4) is 0 Å². The lowest BCUT2D eigenvalue weighted by atomic mass is 10.1. The maximum atomic E-state index is 12.9. The third-order valence-corrected chi connectivity index (χ3v) is 5.10. The molecular formula is C22H30N4O2. The number of aromatic nitrogens is 1. The van der Waals surface area contributed by atoms with Gasteiger partial charge in [0.15, 0.2) is 0 Å². The number of anilines is 3. The number of hydrogen-bond donors (Lipinski definition) is 0. The maximum absolute atomic E-state index is 12.9. The van der Waals surface area contributed by atoms with Crippen LogP contribution in [0.5, 0.6) is 0 Å². The highest BCUT2D eigenvalue weighted by Crippen LogP contribution is 2.26. The largest absolute Gasteiger partial charge is 0.377 e. The molecule has 2 heterocycles. The molecule has 0 unspecified atom stereocenters. The third-order valence-electron chi connectivity index (χ3n) is 5.10. The van der Waals surface area contributed by atoms with Gasteiger partial charge in [-0.05, 0) is 50.6 Å². The summed E-state index contributed by atoms with van der Waals surface area (Å²) in [6.45, 7) is 7.82. The summed E-state index contributed by atoms with van der Waals surface area (Å²) < 4.78 is 5.78. The smallest absolute Gasteiger partial charge is 0.259 e. The van der Waals surface area contributed by atoms with E-state index in [-0.39, 0.29) is 18.1 Å². The van der Waals surface area contributed by atoms with Gasteiger partial charge in [0, 0.05) is 51.8 Å². The van der Waals surface area contributed by atoms with Crippen molar-refractivity contribution in [3.63, 3.8) is 0 Å². The fourth-order valence-corrected chi connectivity index (χ4v) is 3.66. The lowest BCUT2D eigenvalue weighted by Gasteiger charge is -2.36. The van der Waals surface area contributed by atoms with Crippen LogP contribution in [0.3, 0.4) is 0 Å². The van der Waals surface area contributed by atoms with Crippen molar-refractivity contribution < 1.29 is 9.53 Å². The lowest BCUT2D eigenvalue weighted by molar-refractivity contribution is -0.00546. The predicted octanol–water partition coefficient (Wildman–Crippen LogP) is 3.35. The van der Waals surface area contributed by atoms with Gasteiger partial charge in [0.05, 0.1) is 17.8 Å². The van der Waals surface area contributed by atoms with Gasteiger partial charge in [-0.25, -0.2) is 4.98 Å². The first-order valence-electron chi connectivity index (χ1n) is 9.68. The van der Waals surface area contributed by atoms with Gasteiger partial charge in [0.1, 0.15) is 5.82 Å². The van der Waals surface area contributed by atoms with Crippen LogP contribution in [0.2, 0.25) is 0 Å². The van der Waals surface area contributed by atoms with Gasteiger partial charge in [0.25, 0.3) is 5.91 Å². The summed E-state index contributed by atoms with van der Waals surface area (Å²) in [6.07, 6.45) is 2.01. The van der Waals surface area contributed by atoms with Crippen LogP contribution in [0.4, 0.5) is 17.2 Å². The zero-order chi connectivity index (χ0) is 20.4. The Hall–Kier alpha value is -2.60. The molecular weight excluding hydrogens is 352 g/mol. The molecule has 1 fully saturated rings. The molecule has 28 heavy (non-hydrogen) atoms. The Morgan fingerprint density at radius 3 is 2.36 bits per heavy atom. The number of pyridine rings is 1. The standard InChI is InChI=1S/C22H30N4O2/c1-15-7-9-19(11-20(15)24(4)5)25(6)22(27)18-8-10-21(23-12-18)26-13-16(2)28-17(3)14-26/h7-12,16-17H,13-14H2,1-6H3/t16-,17-/m1/s1. The number of carbonyl (C=O) groups is 1. The Bertz CT molecular complexity index is 825. The lowest BCUT2D eigenvalue weighted by Crippen LogP contribution is -2.45. The minimum atomic E-state index is -0.0728. The molecule has 0 saturated carbocycles. The molecule has 2 aromatic rings. The van der Waals surface area contributed by atoms with Gasteiger partial charge in [-0.15, -0.1) is 0 Å². The summed E-state index contributed by atoms with van der Waals surface area (Å²) in [4.78, 5) is 23.4. The topological polar surface area (TPSA) is 48.9 Å². The molecule has 6 heteroatoms. The Morgan fingerprint density at radius 1 is 1.11 bits per heavy atom. The number of rotatable bonds is 4. The van der Waals surface area contributed by atoms with Crippen molar-refractivity contribution in [2.24, 2.45) is 0 Å². The molecule has 1 amide bonds. The van der Waals surface area contributed by atoms with Crippen LogP contribution in [0.1, 0.15) is 29.8 Å². The molecule has 2 atom stereocenters. The average molecular weight is 383 g/mol. The van der Waals surface area contributed by atoms with Crippen LogP contribution in [0, 0.1) is 6.92 Å². The van der Waals surface area contributed by atoms with Gasteiger partial charge in [-0.1, -0.05) is 6.07 Å². The van der Waals surface area contributed by atoms with E-state index in [9.17, 15) is 4.79 Å². The van der Waals surface area contributed by atoms with E-state index in [2.05, 4.69) is 35.6 Å². The zero-order valence-electron chi connectivity index (χ0n) is 17.6. The van der Waals surface area contributed by atoms with Crippen molar-refractivity contribution in [1.29, 1.82) is 0 Å². The van der Waals surface area contributed by atoms with Crippen LogP contribution in [0.15, 0.2) is 36.5 Å². The molecule has 1 aromatic carbocycles. The molecule has 0 bridgehead atoms. The molecule has 0 spiro atoms. The van der Waals surface area contributed by atoms with Crippen LogP contribution < -0.4 is 14.7 Å². The normalized spacial score (nSPS) is 19.4. The first-order chi connectivity index (χ1) is 13.3. The van der Waals surface area contributed by atoms with E-state index >= 15 is 0 Å². The summed E-state index contributed by atoms with van der Waals surface area (Å²) in [5, 5.41) is 0. The number of ether oxygens (including phenoxy) is 1. The summed E-state index contributed by atoms with van der Waals surface area (Å²) in [5.74, 6) is 0.808. The summed E-state index contributed by atoms with van der Waals surface area (Å²) in [5.41, 5.74) is 3.71. The Labute approximate surface area is 167 Å². The fraction of sp³-hybridized carbons (Fsp3) is 0.455. The molecule has 0 N–H and O–H groups in total. The van der Waals surface area contributed by atoms with Gasteiger partial charge in [-0.2, -0.15) is 0 Å². The summed E-state index contributed by atoms with van der Waals surface area (Å²) >= 11 is 0. The zero-order valence-corrected chi connectivity index (χ0v) is 17.6. The molecule has 1 aromatic heterocycles. The molecule has 1 aliphatic heterocycles. The van der Waals surface area contributed by atoms with Crippen molar-refractivity contribution in [1.82, 2.24) is 4.98 Å². The van der Waals surface area contributed by atoms with E-state index in [1.165, 1.54) is 5.56 Å². The minimum absolute atomic E-state index is 0.0728. The monoisotopic (exact) mass is 382 g/mol. The number of hydrogen-bond acceptors (Lipinski definition) is 5. The van der Waals surface area contributed by atoms with E-state index in [0.29, 0.717) is 5.56 Å². The van der Waals surface area contributed by atoms with Crippen LogP contribution in [-0.4, -0.2) is 57.3 Å². The first kappa shape index (κ1) is 20.1. The second-order valence-electron chi connectivity index (χ2n) is 7.80. The molecule has 1 saturated heterocycles. The quantitative estimate of drug-likeness (QED) is 0.812. The Kier molecular flexibility index (Phi) is 5.89. The van der Waals surface area contributed by atoms with Gasteiger partial charge >= 0.3 is 0 Å². The summed E-state index contributed by atoms with van der Waals surface area (Å²) in [7, 11) is 5.81. The maximum Gasteiger partial charge on any atom is 0.259 e. The van der Waals surface area contributed by atoms with E-state index < -0.39 is 0 Å². The number of benzene rings is 1. The SMILES string of the molecule is Cc1ccc(N(C)C(=O)c2ccc(N3C[C@@H](C)O[C@H](C)C3)nc2)cc1N(C)C. The summed E-state index contributed by atoms with van der Waals surface area (Å²) in [6, 6.07) is 9.82. The number of carbonyl (C=O) groups excluding carboxylic acids is 1. The average Bonchev–Trinajstić information content (AvgIpc) is 2.66. The van der Waals surface area contributed by atoms with Crippen LogP contribution >= 0.6 is 0 Å². The van der Waals surface area contributed by atoms with Crippen molar-refractivity contribution in [2.45, 2.75) is 33.0 Å². The van der Waals surface area contributed by atoms with E-state index in [0.717, 1.165) is 30.3 Å². The second kappa shape index (κ2) is 8.19. The second-order valence-corrected chi connectivity index (χ2v) is 7.80. The number of amides is 1. The predicted molar refractivity (Wildman–Crippen MR) is 115 cm³/mol. The molecule has 150 valence electrons.